The van der Waals surface area contributed by atoms with Crippen LogP contribution in [0.2, 0.25) is 5.02 Å². The predicted octanol–water partition coefficient (Wildman–Crippen LogP) is 4.12. The first-order chi connectivity index (χ1) is 10.1. The number of benzene rings is 2. The zero-order chi connectivity index (χ0) is 15.2. The summed E-state index contributed by atoms with van der Waals surface area (Å²) in [5.41, 5.74) is 1.86. The minimum absolute atomic E-state index is 0.00222. The molecule has 0 aliphatic carbocycles. The molecular formula is C17H20ClNO2. The van der Waals surface area contributed by atoms with E-state index in [1.165, 1.54) is 0 Å². The molecule has 2 rings (SSSR count). The number of aliphatic hydroxyl groups excluding tert-OH is 1. The van der Waals surface area contributed by atoms with Crippen molar-refractivity contribution in [1.29, 1.82) is 0 Å². The maximum absolute atomic E-state index is 9.13. The number of ether oxygens (including phenoxy) is 1. The van der Waals surface area contributed by atoms with Gasteiger partial charge in [-0.1, -0.05) is 43.6 Å². The summed E-state index contributed by atoms with van der Waals surface area (Å²) >= 11 is 6.28. The van der Waals surface area contributed by atoms with Crippen LogP contribution in [0.25, 0.3) is 0 Å². The Morgan fingerprint density at radius 3 is 2.57 bits per heavy atom. The number of hydrogen-bond acceptors (Lipinski definition) is 3. The third kappa shape index (κ3) is 4.74. The molecule has 0 radical (unpaired) electrons. The lowest BCUT2D eigenvalue weighted by Crippen LogP contribution is -2.21. The number of halogens is 1. The Labute approximate surface area is 130 Å². The lowest BCUT2D eigenvalue weighted by atomic mass is 10.2. The van der Waals surface area contributed by atoms with E-state index in [9.17, 15) is 0 Å². The monoisotopic (exact) mass is 305 g/mol. The lowest BCUT2D eigenvalue weighted by molar-refractivity contribution is 0.281. The molecule has 0 aliphatic heterocycles. The summed E-state index contributed by atoms with van der Waals surface area (Å²) in [6, 6.07) is 13.4. The summed E-state index contributed by atoms with van der Waals surface area (Å²) in [5.74, 6) is 1.37. The quantitative estimate of drug-likeness (QED) is 0.843. The molecule has 0 unspecified atom stereocenters. The Hall–Kier alpha value is -1.55. The second-order valence-corrected chi connectivity index (χ2v) is 5.60. The van der Waals surface area contributed by atoms with Crippen LogP contribution in [0.5, 0.6) is 11.5 Å². The number of aliphatic hydroxyl groups is 1. The van der Waals surface area contributed by atoms with Crippen molar-refractivity contribution < 1.29 is 9.84 Å². The Morgan fingerprint density at radius 1 is 1.14 bits per heavy atom. The molecular weight excluding hydrogens is 286 g/mol. The molecule has 4 heteroatoms. The van der Waals surface area contributed by atoms with Crippen LogP contribution < -0.4 is 10.1 Å². The zero-order valence-corrected chi connectivity index (χ0v) is 13.0. The van der Waals surface area contributed by atoms with Crippen molar-refractivity contribution in [2.45, 2.75) is 33.0 Å². The van der Waals surface area contributed by atoms with Crippen molar-refractivity contribution in [3.63, 3.8) is 0 Å². The first kappa shape index (κ1) is 15.8. The molecule has 0 bridgehead atoms. The van der Waals surface area contributed by atoms with Crippen molar-refractivity contribution in [3.05, 3.63) is 58.6 Å². The van der Waals surface area contributed by atoms with Gasteiger partial charge in [-0.3, -0.25) is 0 Å². The van der Waals surface area contributed by atoms with E-state index in [1.807, 2.05) is 42.5 Å². The molecule has 0 aromatic heterocycles. The van der Waals surface area contributed by atoms with Gasteiger partial charge >= 0.3 is 0 Å². The fraction of sp³-hybridized carbons (Fsp3) is 0.294. The Kier molecular flexibility index (Phi) is 5.62. The molecule has 0 saturated carbocycles. The molecule has 0 saturated heterocycles. The minimum atomic E-state index is -0.00222. The molecule has 2 N–H and O–H groups in total. The highest BCUT2D eigenvalue weighted by atomic mass is 35.5. The van der Waals surface area contributed by atoms with Crippen molar-refractivity contribution in [2.75, 3.05) is 0 Å². The van der Waals surface area contributed by atoms with Crippen LogP contribution in [0.3, 0.4) is 0 Å². The molecule has 112 valence electrons. The van der Waals surface area contributed by atoms with Gasteiger partial charge in [0.05, 0.1) is 6.61 Å². The Bertz CT molecular complexity index is 599. The SMILES string of the molecule is CC(C)NCc1ccc(Oc2cccc(CO)c2)cc1Cl. The van der Waals surface area contributed by atoms with E-state index in [-0.39, 0.29) is 6.61 Å². The van der Waals surface area contributed by atoms with Gasteiger partial charge in [0.1, 0.15) is 11.5 Å². The van der Waals surface area contributed by atoms with E-state index < -0.39 is 0 Å². The molecule has 21 heavy (non-hydrogen) atoms. The van der Waals surface area contributed by atoms with E-state index >= 15 is 0 Å². The van der Waals surface area contributed by atoms with Crippen molar-refractivity contribution in [2.24, 2.45) is 0 Å². The fourth-order valence-corrected chi connectivity index (χ4v) is 2.13. The van der Waals surface area contributed by atoms with Gasteiger partial charge in [-0.05, 0) is 35.4 Å². The predicted molar refractivity (Wildman–Crippen MR) is 85.9 cm³/mol. The molecule has 0 heterocycles. The highest BCUT2D eigenvalue weighted by molar-refractivity contribution is 6.31. The lowest BCUT2D eigenvalue weighted by Gasteiger charge is -2.12. The van der Waals surface area contributed by atoms with Gasteiger partial charge in [-0.2, -0.15) is 0 Å². The molecule has 0 fully saturated rings. The number of hydrogen-bond donors (Lipinski definition) is 2. The Morgan fingerprint density at radius 2 is 1.90 bits per heavy atom. The molecule has 0 aliphatic rings. The zero-order valence-electron chi connectivity index (χ0n) is 12.3. The van der Waals surface area contributed by atoms with Crippen LogP contribution in [0.4, 0.5) is 0 Å². The summed E-state index contributed by atoms with van der Waals surface area (Å²) in [5, 5.41) is 13.1. The highest BCUT2D eigenvalue weighted by Gasteiger charge is 2.05. The highest BCUT2D eigenvalue weighted by Crippen LogP contribution is 2.27. The van der Waals surface area contributed by atoms with Crippen molar-refractivity contribution >= 4 is 11.6 Å². The van der Waals surface area contributed by atoms with E-state index in [2.05, 4.69) is 19.2 Å². The van der Waals surface area contributed by atoms with E-state index in [4.69, 9.17) is 21.4 Å². The van der Waals surface area contributed by atoms with Crippen LogP contribution >= 0.6 is 11.6 Å². The van der Waals surface area contributed by atoms with Gasteiger partial charge in [0.25, 0.3) is 0 Å². The number of nitrogens with one attached hydrogen (secondary N) is 1. The van der Waals surface area contributed by atoms with Crippen LogP contribution in [0, 0.1) is 0 Å². The molecule has 0 amide bonds. The normalized spacial score (nSPS) is 10.9. The van der Waals surface area contributed by atoms with E-state index in [0.717, 1.165) is 17.7 Å². The average Bonchev–Trinajstić information content (AvgIpc) is 2.46. The third-order valence-corrected chi connectivity index (χ3v) is 3.39. The second kappa shape index (κ2) is 7.46. The van der Waals surface area contributed by atoms with Gasteiger partial charge in [-0.25, -0.2) is 0 Å². The number of rotatable bonds is 6. The largest absolute Gasteiger partial charge is 0.457 e. The van der Waals surface area contributed by atoms with Gasteiger partial charge < -0.3 is 15.2 Å². The van der Waals surface area contributed by atoms with Crippen molar-refractivity contribution in [1.82, 2.24) is 5.32 Å². The second-order valence-electron chi connectivity index (χ2n) is 5.20. The fourth-order valence-electron chi connectivity index (χ4n) is 1.89. The topological polar surface area (TPSA) is 41.5 Å². The maximum atomic E-state index is 9.13. The van der Waals surface area contributed by atoms with Gasteiger partial charge in [0, 0.05) is 17.6 Å². The van der Waals surface area contributed by atoms with Crippen LogP contribution in [0.1, 0.15) is 25.0 Å². The molecule has 2 aromatic carbocycles. The molecule has 0 atom stereocenters. The van der Waals surface area contributed by atoms with E-state index in [1.54, 1.807) is 0 Å². The first-order valence-corrected chi connectivity index (χ1v) is 7.35. The summed E-state index contributed by atoms with van der Waals surface area (Å²) < 4.78 is 5.77. The average molecular weight is 306 g/mol. The summed E-state index contributed by atoms with van der Waals surface area (Å²) in [6.07, 6.45) is 0. The van der Waals surface area contributed by atoms with Gasteiger partial charge in [0.15, 0.2) is 0 Å². The summed E-state index contributed by atoms with van der Waals surface area (Å²) in [6.45, 7) is 4.92. The first-order valence-electron chi connectivity index (χ1n) is 6.98. The smallest absolute Gasteiger partial charge is 0.128 e. The molecule has 3 nitrogen and oxygen atoms in total. The molecule has 0 spiro atoms. The summed E-state index contributed by atoms with van der Waals surface area (Å²) in [7, 11) is 0. The van der Waals surface area contributed by atoms with Gasteiger partial charge in [0.2, 0.25) is 0 Å². The van der Waals surface area contributed by atoms with Crippen LogP contribution in [-0.4, -0.2) is 11.1 Å². The third-order valence-electron chi connectivity index (χ3n) is 3.04. The minimum Gasteiger partial charge on any atom is -0.457 e. The van der Waals surface area contributed by atoms with Gasteiger partial charge in [-0.15, -0.1) is 0 Å². The maximum Gasteiger partial charge on any atom is 0.128 e. The standard InChI is InChI=1S/C17H20ClNO2/c1-12(2)19-10-14-6-7-16(9-17(14)18)21-15-5-3-4-13(8-15)11-20/h3-9,12,19-20H,10-11H2,1-2H3. The van der Waals surface area contributed by atoms with Crippen molar-refractivity contribution in [3.8, 4) is 11.5 Å². The van der Waals surface area contributed by atoms with E-state index in [0.29, 0.717) is 22.6 Å². The van der Waals surface area contributed by atoms with Crippen LogP contribution in [0.15, 0.2) is 42.5 Å². The van der Waals surface area contributed by atoms with Crippen LogP contribution in [-0.2, 0) is 13.2 Å². The summed E-state index contributed by atoms with van der Waals surface area (Å²) in [4.78, 5) is 0. The molecule has 2 aromatic rings. The Balaban J connectivity index is 2.09.